The van der Waals surface area contributed by atoms with Crippen molar-refractivity contribution in [1.29, 1.82) is 0 Å². The van der Waals surface area contributed by atoms with E-state index in [1.807, 2.05) is 12.1 Å². The Morgan fingerprint density at radius 1 is 0.900 bits per heavy atom. The Hall–Kier alpha value is -2.89. The summed E-state index contributed by atoms with van der Waals surface area (Å²) in [5.74, 6) is 2.67. The second-order valence-electron chi connectivity index (χ2n) is 7.63. The van der Waals surface area contributed by atoms with E-state index in [9.17, 15) is 0 Å². The van der Waals surface area contributed by atoms with E-state index in [0.717, 1.165) is 18.1 Å². The Balaban J connectivity index is 1.68. The van der Waals surface area contributed by atoms with Gasteiger partial charge in [-0.1, -0.05) is 43.2 Å². The fraction of sp³-hybridized carbons (Fsp3) is 0.458. The number of hydrogen-bond acceptors (Lipinski definition) is 4. The highest BCUT2D eigenvalue weighted by Gasteiger charge is 2.35. The van der Waals surface area contributed by atoms with Crippen LogP contribution < -0.4 is 24.8 Å². The summed E-state index contributed by atoms with van der Waals surface area (Å²) in [4.78, 5) is 4.42. The van der Waals surface area contributed by atoms with E-state index in [4.69, 9.17) is 14.2 Å². The maximum atomic E-state index is 5.59. The van der Waals surface area contributed by atoms with Crippen LogP contribution in [-0.4, -0.2) is 40.9 Å². The van der Waals surface area contributed by atoms with Crippen LogP contribution in [0.5, 0.6) is 17.2 Å². The van der Waals surface area contributed by atoms with E-state index in [1.54, 1.807) is 28.4 Å². The fourth-order valence-corrected chi connectivity index (χ4v) is 4.37. The van der Waals surface area contributed by atoms with E-state index < -0.39 is 0 Å². The van der Waals surface area contributed by atoms with Gasteiger partial charge in [0, 0.05) is 31.1 Å². The van der Waals surface area contributed by atoms with Crippen molar-refractivity contribution < 1.29 is 14.2 Å². The van der Waals surface area contributed by atoms with E-state index in [1.165, 1.54) is 31.2 Å². The molecule has 1 aliphatic rings. The van der Waals surface area contributed by atoms with E-state index in [2.05, 4.69) is 46.0 Å². The average molecular weight is 412 g/mol. The summed E-state index contributed by atoms with van der Waals surface area (Å²) in [6.07, 6.45) is 4.94. The standard InChI is InChI=1S/C24H33N3O3/c1-25-23(26-16-18-12-13-20(28-2)22(30-4)21(18)29-3)27-17-24(14-8-9-15-24)19-10-6-5-7-11-19/h5-7,10-13H,8-9,14-17H2,1-4H3,(H2,25,26,27). The Kier molecular flexibility index (Phi) is 7.44. The van der Waals surface area contributed by atoms with Crippen LogP contribution in [0.25, 0.3) is 0 Å². The first-order chi connectivity index (χ1) is 14.7. The summed E-state index contributed by atoms with van der Waals surface area (Å²) in [7, 11) is 6.66. The second kappa shape index (κ2) is 10.2. The molecule has 1 saturated carbocycles. The minimum atomic E-state index is 0.167. The third kappa shape index (κ3) is 4.64. The highest BCUT2D eigenvalue weighted by atomic mass is 16.5. The van der Waals surface area contributed by atoms with Gasteiger partial charge in [-0.3, -0.25) is 4.99 Å². The first kappa shape index (κ1) is 21.8. The SMILES string of the molecule is CN=C(NCc1ccc(OC)c(OC)c1OC)NCC1(c2ccccc2)CCCC1. The normalized spacial score (nSPS) is 15.5. The van der Waals surface area contributed by atoms with Crippen molar-refractivity contribution in [3.05, 3.63) is 53.6 Å². The molecule has 0 radical (unpaired) electrons. The molecule has 2 aromatic carbocycles. The number of hydrogen-bond donors (Lipinski definition) is 2. The quantitative estimate of drug-likeness (QED) is 0.510. The lowest BCUT2D eigenvalue weighted by molar-refractivity contribution is 0.322. The summed E-state index contributed by atoms with van der Waals surface area (Å²) in [5, 5.41) is 6.96. The van der Waals surface area contributed by atoms with Gasteiger partial charge in [0.1, 0.15) is 0 Å². The van der Waals surface area contributed by atoms with Gasteiger partial charge in [-0.05, 0) is 30.5 Å². The monoisotopic (exact) mass is 411 g/mol. The Morgan fingerprint density at radius 2 is 1.60 bits per heavy atom. The van der Waals surface area contributed by atoms with Crippen molar-refractivity contribution in [2.45, 2.75) is 37.6 Å². The number of nitrogens with zero attached hydrogens (tertiary/aromatic N) is 1. The molecule has 0 bridgehead atoms. The average Bonchev–Trinajstić information content (AvgIpc) is 3.29. The van der Waals surface area contributed by atoms with E-state index >= 15 is 0 Å². The van der Waals surface area contributed by atoms with Crippen molar-refractivity contribution in [2.24, 2.45) is 4.99 Å². The molecule has 0 heterocycles. The highest BCUT2D eigenvalue weighted by Crippen LogP contribution is 2.41. The highest BCUT2D eigenvalue weighted by molar-refractivity contribution is 5.80. The molecule has 2 aromatic rings. The van der Waals surface area contributed by atoms with Gasteiger partial charge in [0.2, 0.25) is 5.75 Å². The number of benzene rings is 2. The second-order valence-corrected chi connectivity index (χ2v) is 7.63. The molecule has 0 aromatic heterocycles. The molecule has 3 rings (SSSR count). The smallest absolute Gasteiger partial charge is 0.203 e. The van der Waals surface area contributed by atoms with Crippen LogP contribution in [0.15, 0.2) is 47.5 Å². The lowest BCUT2D eigenvalue weighted by Crippen LogP contribution is -2.44. The maximum absolute atomic E-state index is 5.59. The lowest BCUT2D eigenvalue weighted by Gasteiger charge is -2.31. The summed E-state index contributed by atoms with van der Waals surface area (Å²) >= 11 is 0. The van der Waals surface area contributed by atoms with E-state index in [0.29, 0.717) is 23.8 Å². The minimum Gasteiger partial charge on any atom is -0.493 e. The van der Waals surface area contributed by atoms with Crippen molar-refractivity contribution in [3.8, 4) is 17.2 Å². The van der Waals surface area contributed by atoms with Crippen LogP contribution in [0.1, 0.15) is 36.8 Å². The van der Waals surface area contributed by atoms with E-state index in [-0.39, 0.29) is 5.41 Å². The van der Waals surface area contributed by atoms with Crippen LogP contribution in [0.4, 0.5) is 0 Å². The molecule has 162 valence electrons. The van der Waals surface area contributed by atoms with Crippen molar-refractivity contribution in [2.75, 3.05) is 34.9 Å². The Bertz CT molecular complexity index is 846. The molecule has 0 saturated heterocycles. The number of guanidine groups is 1. The first-order valence-corrected chi connectivity index (χ1v) is 10.5. The van der Waals surface area contributed by atoms with Gasteiger partial charge in [0.25, 0.3) is 0 Å². The minimum absolute atomic E-state index is 0.167. The van der Waals surface area contributed by atoms with Crippen LogP contribution in [0, 0.1) is 0 Å². The van der Waals surface area contributed by atoms with Crippen LogP contribution >= 0.6 is 0 Å². The first-order valence-electron chi connectivity index (χ1n) is 10.5. The Labute approximate surface area is 179 Å². The predicted molar refractivity (Wildman–Crippen MR) is 121 cm³/mol. The molecule has 6 nitrogen and oxygen atoms in total. The van der Waals surface area contributed by atoms with Gasteiger partial charge >= 0.3 is 0 Å². The van der Waals surface area contributed by atoms with Gasteiger partial charge < -0.3 is 24.8 Å². The summed E-state index contributed by atoms with van der Waals surface area (Å²) in [6.45, 7) is 1.42. The lowest BCUT2D eigenvalue weighted by atomic mass is 9.79. The summed E-state index contributed by atoms with van der Waals surface area (Å²) < 4.78 is 16.4. The van der Waals surface area contributed by atoms with Crippen LogP contribution in [0.3, 0.4) is 0 Å². The largest absolute Gasteiger partial charge is 0.493 e. The molecule has 0 amide bonds. The van der Waals surface area contributed by atoms with Crippen LogP contribution in [0.2, 0.25) is 0 Å². The van der Waals surface area contributed by atoms with Gasteiger partial charge in [0.05, 0.1) is 21.3 Å². The number of ether oxygens (including phenoxy) is 3. The molecule has 30 heavy (non-hydrogen) atoms. The molecule has 0 atom stereocenters. The zero-order chi connectivity index (χ0) is 21.4. The zero-order valence-corrected chi connectivity index (χ0v) is 18.5. The zero-order valence-electron chi connectivity index (χ0n) is 18.5. The van der Waals surface area contributed by atoms with Gasteiger partial charge in [-0.2, -0.15) is 0 Å². The summed E-state index contributed by atoms with van der Waals surface area (Å²) in [5.41, 5.74) is 2.55. The maximum Gasteiger partial charge on any atom is 0.203 e. The molecule has 0 spiro atoms. The summed E-state index contributed by atoms with van der Waals surface area (Å²) in [6, 6.07) is 14.7. The molecular formula is C24H33N3O3. The topological polar surface area (TPSA) is 64.1 Å². The Morgan fingerprint density at radius 3 is 2.20 bits per heavy atom. The van der Waals surface area contributed by atoms with Crippen LogP contribution in [-0.2, 0) is 12.0 Å². The molecule has 0 aliphatic heterocycles. The molecule has 1 aliphatic carbocycles. The van der Waals surface area contributed by atoms with Gasteiger partial charge in [-0.25, -0.2) is 0 Å². The molecular weight excluding hydrogens is 378 g/mol. The number of methoxy groups -OCH3 is 3. The van der Waals surface area contributed by atoms with Crippen molar-refractivity contribution >= 4 is 5.96 Å². The molecule has 6 heteroatoms. The van der Waals surface area contributed by atoms with Gasteiger partial charge in [-0.15, -0.1) is 0 Å². The third-order valence-corrected chi connectivity index (χ3v) is 6.00. The third-order valence-electron chi connectivity index (χ3n) is 6.00. The fourth-order valence-electron chi connectivity index (χ4n) is 4.37. The van der Waals surface area contributed by atoms with Gasteiger partial charge in [0.15, 0.2) is 17.5 Å². The number of nitrogens with one attached hydrogen (secondary N) is 2. The van der Waals surface area contributed by atoms with Crippen molar-refractivity contribution in [1.82, 2.24) is 10.6 Å². The molecule has 0 unspecified atom stereocenters. The van der Waals surface area contributed by atoms with Crippen molar-refractivity contribution in [3.63, 3.8) is 0 Å². The predicted octanol–water partition coefficient (Wildman–Crippen LogP) is 3.89. The number of aliphatic imine (C=N–C) groups is 1. The molecule has 2 N–H and O–H groups in total. The molecule has 1 fully saturated rings. The number of rotatable bonds is 8.